The van der Waals surface area contributed by atoms with E-state index in [2.05, 4.69) is 0 Å². The van der Waals surface area contributed by atoms with Crippen molar-refractivity contribution < 1.29 is 14.7 Å². The second kappa shape index (κ2) is 8.65. The van der Waals surface area contributed by atoms with Crippen LogP contribution in [-0.4, -0.2) is 41.5 Å². The summed E-state index contributed by atoms with van der Waals surface area (Å²) >= 11 is 12.2. The van der Waals surface area contributed by atoms with Gasteiger partial charge in [-0.3, -0.25) is 9.59 Å². The van der Waals surface area contributed by atoms with E-state index in [9.17, 15) is 14.7 Å². The SMILES string of the molecule is Cc1ccc(C2=C(N3CCCC(CO)C3)C(=O)N(c3ccc(Cl)c(Cl)c3)C2=O)c(C)c1. The van der Waals surface area contributed by atoms with Crippen LogP contribution in [0.2, 0.25) is 10.0 Å². The number of piperidine rings is 1. The number of likely N-dealkylation sites (tertiary alicyclic amines) is 1. The first-order valence-electron chi connectivity index (χ1n) is 10.3. The van der Waals surface area contributed by atoms with Crippen LogP contribution in [-0.2, 0) is 9.59 Å². The number of rotatable bonds is 4. The van der Waals surface area contributed by atoms with Gasteiger partial charge in [-0.15, -0.1) is 0 Å². The standard InChI is InChI=1S/C24H24Cl2N2O3/c1-14-5-7-18(15(2)10-14)21-22(27-9-3-4-16(12-27)13-29)24(31)28(23(21)30)17-6-8-19(25)20(26)11-17/h5-8,10-11,16,29H,3-4,9,12-13H2,1-2H3. The molecule has 2 aliphatic rings. The molecule has 2 heterocycles. The molecular formula is C24H24Cl2N2O3. The number of hydrogen-bond acceptors (Lipinski definition) is 4. The van der Waals surface area contributed by atoms with Crippen LogP contribution in [0.1, 0.15) is 29.5 Å². The summed E-state index contributed by atoms with van der Waals surface area (Å²) in [6, 6.07) is 10.6. The Kier molecular flexibility index (Phi) is 6.11. The molecular weight excluding hydrogens is 435 g/mol. The Morgan fingerprint density at radius 2 is 1.81 bits per heavy atom. The maximum absolute atomic E-state index is 13.6. The van der Waals surface area contributed by atoms with Crippen molar-refractivity contribution in [2.75, 3.05) is 24.6 Å². The minimum atomic E-state index is -0.378. The summed E-state index contributed by atoms with van der Waals surface area (Å²) in [5.74, 6) is -0.683. The van der Waals surface area contributed by atoms with E-state index in [0.29, 0.717) is 35.1 Å². The van der Waals surface area contributed by atoms with E-state index in [-0.39, 0.29) is 29.4 Å². The average Bonchev–Trinajstić information content (AvgIpc) is 3.00. The topological polar surface area (TPSA) is 60.9 Å². The van der Waals surface area contributed by atoms with Gasteiger partial charge in [-0.25, -0.2) is 4.90 Å². The van der Waals surface area contributed by atoms with Crippen LogP contribution >= 0.6 is 23.2 Å². The fraction of sp³-hybridized carbons (Fsp3) is 0.333. The second-order valence-electron chi connectivity index (χ2n) is 8.22. The molecule has 0 aromatic heterocycles. The van der Waals surface area contributed by atoms with Crippen LogP contribution < -0.4 is 4.90 Å². The number of aryl methyl sites for hydroxylation is 2. The maximum atomic E-state index is 13.6. The average molecular weight is 459 g/mol. The summed E-state index contributed by atoms with van der Waals surface area (Å²) in [6.07, 6.45) is 1.75. The molecule has 7 heteroatoms. The molecule has 5 nitrogen and oxygen atoms in total. The monoisotopic (exact) mass is 458 g/mol. The van der Waals surface area contributed by atoms with Gasteiger partial charge in [0.2, 0.25) is 0 Å². The van der Waals surface area contributed by atoms with E-state index in [4.69, 9.17) is 23.2 Å². The van der Waals surface area contributed by atoms with Gasteiger partial charge in [0.25, 0.3) is 11.8 Å². The van der Waals surface area contributed by atoms with Crippen molar-refractivity contribution in [3.63, 3.8) is 0 Å². The van der Waals surface area contributed by atoms with Crippen LogP contribution in [0.3, 0.4) is 0 Å². The van der Waals surface area contributed by atoms with Crippen molar-refractivity contribution in [2.24, 2.45) is 5.92 Å². The largest absolute Gasteiger partial charge is 0.396 e. The van der Waals surface area contributed by atoms with E-state index >= 15 is 0 Å². The van der Waals surface area contributed by atoms with E-state index in [0.717, 1.165) is 29.5 Å². The highest BCUT2D eigenvalue weighted by atomic mass is 35.5. The number of hydrogen-bond donors (Lipinski definition) is 1. The fourth-order valence-corrected chi connectivity index (χ4v) is 4.72. The van der Waals surface area contributed by atoms with Crippen molar-refractivity contribution in [2.45, 2.75) is 26.7 Å². The lowest BCUT2D eigenvalue weighted by atomic mass is 9.95. The zero-order valence-corrected chi connectivity index (χ0v) is 19.0. The molecule has 2 aromatic carbocycles. The second-order valence-corrected chi connectivity index (χ2v) is 9.04. The quantitative estimate of drug-likeness (QED) is 0.680. The van der Waals surface area contributed by atoms with Crippen LogP contribution in [0.5, 0.6) is 0 Å². The summed E-state index contributed by atoms with van der Waals surface area (Å²) < 4.78 is 0. The molecule has 162 valence electrons. The van der Waals surface area contributed by atoms with Gasteiger partial charge in [0, 0.05) is 19.7 Å². The van der Waals surface area contributed by atoms with Crippen molar-refractivity contribution in [3.8, 4) is 0 Å². The van der Waals surface area contributed by atoms with Gasteiger partial charge < -0.3 is 10.0 Å². The lowest BCUT2D eigenvalue weighted by Crippen LogP contribution is -2.40. The smallest absolute Gasteiger partial charge is 0.282 e. The third-order valence-electron chi connectivity index (χ3n) is 5.97. The Morgan fingerprint density at radius 3 is 2.48 bits per heavy atom. The first-order valence-corrected chi connectivity index (χ1v) is 11.1. The molecule has 0 aliphatic carbocycles. The highest BCUT2D eigenvalue weighted by Crippen LogP contribution is 2.39. The van der Waals surface area contributed by atoms with Gasteiger partial charge in [-0.05, 0) is 61.9 Å². The number of anilines is 1. The summed E-state index contributed by atoms with van der Waals surface area (Å²) in [4.78, 5) is 30.4. The minimum Gasteiger partial charge on any atom is -0.396 e. The highest BCUT2D eigenvalue weighted by Gasteiger charge is 2.43. The van der Waals surface area contributed by atoms with Crippen molar-refractivity contribution in [1.82, 2.24) is 4.90 Å². The van der Waals surface area contributed by atoms with E-state index in [1.807, 2.05) is 36.9 Å². The predicted molar refractivity (Wildman–Crippen MR) is 123 cm³/mol. The van der Waals surface area contributed by atoms with Crippen LogP contribution in [0, 0.1) is 19.8 Å². The molecule has 31 heavy (non-hydrogen) atoms. The molecule has 2 aliphatic heterocycles. The summed E-state index contributed by atoms with van der Waals surface area (Å²) in [5.41, 5.74) is 3.93. The molecule has 1 atom stereocenters. The number of imide groups is 1. The van der Waals surface area contributed by atoms with Crippen molar-refractivity contribution in [1.29, 1.82) is 0 Å². The highest BCUT2D eigenvalue weighted by molar-refractivity contribution is 6.46. The molecule has 1 fully saturated rings. The van der Waals surface area contributed by atoms with Gasteiger partial charge in [0.05, 0.1) is 21.3 Å². The Balaban J connectivity index is 1.85. The van der Waals surface area contributed by atoms with Crippen LogP contribution in [0.25, 0.3) is 5.57 Å². The van der Waals surface area contributed by atoms with E-state index in [1.165, 1.54) is 11.0 Å². The number of carbonyl (C=O) groups excluding carboxylic acids is 2. The molecule has 2 aromatic rings. The molecule has 4 rings (SSSR count). The van der Waals surface area contributed by atoms with E-state index in [1.54, 1.807) is 12.1 Å². The molecule has 2 amide bonds. The number of nitrogens with zero attached hydrogens (tertiary/aromatic N) is 2. The lowest BCUT2D eigenvalue weighted by molar-refractivity contribution is -0.120. The third kappa shape index (κ3) is 3.98. The van der Waals surface area contributed by atoms with Crippen molar-refractivity contribution >= 4 is 46.3 Å². The molecule has 1 saturated heterocycles. The Bertz CT molecular complexity index is 1100. The Morgan fingerprint density at radius 1 is 1.03 bits per heavy atom. The number of carbonyl (C=O) groups is 2. The van der Waals surface area contributed by atoms with E-state index < -0.39 is 0 Å². The first-order chi connectivity index (χ1) is 14.8. The zero-order chi connectivity index (χ0) is 22.3. The molecule has 0 spiro atoms. The number of benzene rings is 2. The van der Waals surface area contributed by atoms with Crippen LogP contribution in [0.4, 0.5) is 5.69 Å². The minimum absolute atomic E-state index is 0.0569. The van der Waals surface area contributed by atoms with Gasteiger partial charge in [-0.1, -0.05) is 47.0 Å². The van der Waals surface area contributed by atoms with Crippen LogP contribution in [0.15, 0.2) is 42.1 Å². The van der Waals surface area contributed by atoms with Crippen molar-refractivity contribution in [3.05, 3.63) is 68.8 Å². The molecule has 0 saturated carbocycles. The first kappa shape index (κ1) is 21.9. The molecule has 0 radical (unpaired) electrons. The van der Waals surface area contributed by atoms with Gasteiger partial charge in [-0.2, -0.15) is 0 Å². The van der Waals surface area contributed by atoms with Gasteiger partial charge in [0.1, 0.15) is 5.70 Å². The zero-order valence-electron chi connectivity index (χ0n) is 17.5. The molecule has 0 bridgehead atoms. The normalized spacial score (nSPS) is 19.6. The Hall–Kier alpha value is -2.34. The Labute approximate surface area is 191 Å². The summed E-state index contributed by atoms with van der Waals surface area (Å²) in [6.45, 7) is 5.19. The number of halogens is 2. The maximum Gasteiger partial charge on any atom is 0.282 e. The number of aliphatic hydroxyl groups excluding tert-OH is 1. The lowest BCUT2D eigenvalue weighted by Gasteiger charge is -2.34. The van der Waals surface area contributed by atoms with Gasteiger partial charge in [0.15, 0.2) is 0 Å². The van der Waals surface area contributed by atoms with Gasteiger partial charge >= 0.3 is 0 Å². The predicted octanol–water partition coefficient (Wildman–Crippen LogP) is 4.60. The molecule has 1 N–H and O–H groups in total. The summed E-state index contributed by atoms with van der Waals surface area (Å²) in [5, 5.41) is 10.3. The number of aliphatic hydroxyl groups is 1. The molecule has 1 unspecified atom stereocenters. The number of amides is 2. The summed E-state index contributed by atoms with van der Waals surface area (Å²) in [7, 11) is 0. The third-order valence-corrected chi connectivity index (χ3v) is 6.70. The fourth-order valence-electron chi connectivity index (χ4n) is 4.42.